The van der Waals surface area contributed by atoms with Crippen molar-refractivity contribution in [3.05, 3.63) is 18.0 Å². The number of amides is 1. The first-order valence-corrected chi connectivity index (χ1v) is 3.95. The lowest BCUT2D eigenvalue weighted by atomic mass is 10.0. The summed E-state index contributed by atoms with van der Waals surface area (Å²) < 4.78 is 1.69. The number of rotatable bonds is 2. The van der Waals surface area contributed by atoms with E-state index in [4.69, 9.17) is 5.73 Å². The molecule has 1 aliphatic carbocycles. The third-order valence-corrected chi connectivity index (χ3v) is 2.43. The molecule has 2 N–H and O–H groups in total. The molecule has 0 atom stereocenters. The van der Waals surface area contributed by atoms with Gasteiger partial charge in [0.1, 0.15) is 0 Å². The highest BCUT2D eigenvalue weighted by atomic mass is 16.1. The molecule has 0 radical (unpaired) electrons. The van der Waals surface area contributed by atoms with E-state index in [1.165, 1.54) is 0 Å². The summed E-state index contributed by atoms with van der Waals surface area (Å²) >= 11 is 0. The zero-order chi connectivity index (χ0) is 8.77. The van der Waals surface area contributed by atoms with Crippen LogP contribution in [-0.4, -0.2) is 15.7 Å². The summed E-state index contributed by atoms with van der Waals surface area (Å²) in [6.07, 6.45) is 3.52. The first-order valence-electron chi connectivity index (χ1n) is 3.95. The van der Waals surface area contributed by atoms with E-state index in [0.717, 1.165) is 18.5 Å². The lowest BCUT2D eigenvalue weighted by molar-refractivity contribution is -0.120. The quantitative estimate of drug-likeness (QED) is 0.667. The van der Waals surface area contributed by atoms with Crippen LogP contribution in [0, 0.1) is 0 Å². The third kappa shape index (κ3) is 0.841. The minimum atomic E-state index is -0.429. The molecule has 2 rings (SSSR count). The van der Waals surface area contributed by atoms with Crippen molar-refractivity contribution in [2.75, 3.05) is 0 Å². The molecule has 1 aromatic rings. The number of carbonyl (C=O) groups excluding carboxylic acids is 1. The average molecular weight is 165 g/mol. The molecule has 4 heteroatoms. The van der Waals surface area contributed by atoms with Crippen LogP contribution in [0.5, 0.6) is 0 Å². The number of nitrogens with zero attached hydrogens (tertiary/aromatic N) is 2. The Bertz CT molecular complexity index is 325. The molecule has 64 valence electrons. The molecule has 1 fully saturated rings. The topological polar surface area (TPSA) is 60.9 Å². The maximum absolute atomic E-state index is 11.1. The number of hydrogen-bond donors (Lipinski definition) is 1. The van der Waals surface area contributed by atoms with Gasteiger partial charge in [0, 0.05) is 13.2 Å². The summed E-state index contributed by atoms with van der Waals surface area (Å²) in [4.78, 5) is 11.1. The molecular weight excluding hydrogens is 154 g/mol. The molecule has 12 heavy (non-hydrogen) atoms. The summed E-state index contributed by atoms with van der Waals surface area (Å²) in [7, 11) is 1.83. The molecule has 0 aromatic carbocycles. The van der Waals surface area contributed by atoms with Crippen molar-refractivity contribution in [2.45, 2.75) is 18.3 Å². The van der Waals surface area contributed by atoms with Crippen LogP contribution < -0.4 is 5.73 Å². The van der Waals surface area contributed by atoms with E-state index >= 15 is 0 Å². The van der Waals surface area contributed by atoms with Gasteiger partial charge in [0.05, 0.1) is 11.1 Å². The fraction of sp³-hybridized carbons (Fsp3) is 0.500. The number of nitrogens with two attached hydrogens (primary N) is 1. The van der Waals surface area contributed by atoms with Gasteiger partial charge < -0.3 is 5.73 Å². The van der Waals surface area contributed by atoms with Crippen molar-refractivity contribution in [1.82, 2.24) is 9.78 Å². The van der Waals surface area contributed by atoms with Gasteiger partial charge in [-0.1, -0.05) is 0 Å². The van der Waals surface area contributed by atoms with Crippen molar-refractivity contribution in [3.8, 4) is 0 Å². The number of hydrogen-bond acceptors (Lipinski definition) is 2. The van der Waals surface area contributed by atoms with E-state index in [9.17, 15) is 4.79 Å². The Kier molecular flexibility index (Phi) is 1.28. The van der Waals surface area contributed by atoms with Crippen LogP contribution in [0.1, 0.15) is 18.5 Å². The second-order valence-corrected chi connectivity index (χ2v) is 3.32. The molecule has 1 aromatic heterocycles. The lowest BCUT2D eigenvalue weighted by Gasteiger charge is -2.05. The standard InChI is InChI=1S/C8H11N3O/c1-11-5-2-6(10-11)8(3-4-8)7(9)12/h2,5H,3-4H2,1H3,(H2,9,12). The molecule has 0 spiro atoms. The van der Waals surface area contributed by atoms with Crippen LogP contribution in [0.3, 0.4) is 0 Å². The highest BCUT2D eigenvalue weighted by Gasteiger charge is 2.51. The lowest BCUT2D eigenvalue weighted by Crippen LogP contribution is -2.28. The Morgan fingerprint density at radius 2 is 2.42 bits per heavy atom. The van der Waals surface area contributed by atoms with E-state index in [-0.39, 0.29) is 5.91 Å². The largest absolute Gasteiger partial charge is 0.369 e. The third-order valence-electron chi connectivity index (χ3n) is 2.43. The van der Waals surface area contributed by atoms with Gasteiger partial charge in [0.25, 0.3) is 0 Å². The molecule has 4 nitrogen and oxygen atoms in total. The van der Waals surface area contributed by atoms with Crippen LogP contribution in [0.25, 0.3) is 0 Å². The Balaban J connectivity index is 2.36. The van der Waals surface area contributed by atoms with Crippen molar-refractivity contribution in [1.29, 1.82) is 0 Å². The van der Waals surface area contributed by atoms with Gasteiger partial charge in [-0.15, -0.1) is 0 Å². The monoisotopic (exact) mass is 165 g/mol. The minimum Gasteiger partial charge on any atom is -0.369 e. The summed E-state index contributed by atoms with van der Waals surface area (Å²) in [5, 5.41) is 4.18. The predicted octanol–water partition coefficient (Wildman–Crippen LogP) is -0.0630. The molecule has 1 heterocycles. The zero-order valence-electron chi connectivity index (χ0n) is 6.95. The normalized spacial score (nSPS) is 19.1. The van der Waals surface area contributed by atoms with Crippen LogP contribution in [0.2, 0.25) is 0 Å². The van der Waals surface area contributed by atoms with Crippen molar-refractivity contribution >= 4 is 5.91 Å². The molecule has 0 saturated heterocycles. The van der Waals surface area contributed by atoms with Crippen LogP contribution in [0.15, 0.2) is 12.3 Å². The molecule has 1 saturated carbocycles. The van der Waals surface area contributed by atoms with Gasteiger partial charge in [-0.2, -0.15) is 5.10 Å². The average Bonchev–Trinajstić information content (AvgIpc) is 2.71. The second kappa shape index (κ2) is 2.09. The van der Waals surface area contributed by atoms with Gasteiger partial charge in [0.15, 0.2) is 0 Å². The number of aryl methyl sites for hydroxylation is 1. The van der Waals surface area contributed by atoms with E-state index < -0.39 is 5.41 Å². The zero-order valence-corrected chi connectivity index (χ0v) is 6.95. The van der Waals surface area contributed by atoms with Crippen LogP contribution >= 0.6 is 0 Å². The summed E-state index contributed by atoms with van der Waals surface area (Å²) in [5.41, 5.74) is 5.67. The molecular formula is C8H11N3O. The molecule has 0 unspecified atom stereocenters. The molecule has 0 aliphatic heterocycles. The van der Waals surface area contributed by atoms with Crippen LogP contribution in [0.4, 0.5) is 0 Å². The Labute approximate surface area is 70.4 Å². The summed E-state index contributed by atoms with van der Waals surface area (Å²) in [6.45, 7) is 0. The van der Waals surface area contributed by atoms with Gasteiger partial charge in [-0.05, 0) is 18.9 Å². The van der Waals surface area contributed by atoms with E-state index in [0.29, 0.717) is 0 Å². The number of aromatic nitrogens is 2. The molecule has 1 aliphatic rings. The van der Waals surface area contributed by atoms with Crippen molar-refractivity contribution < 1.29 is 4.79 Å². The van der Waals surface area contributed by atoms with Crippen molar-refractivity contribution in [2.24, 2.45) is 12.8 Å². The maximum atomic E-state index is 11.1. The van der Waals surface area contributed by atoms with E-state index in [2.05, 4.69) is 5.10 Å². The molecule has 1 amide bonds. The smallest absolute Gasteiger partial charge is 0.229 e. The fourth-order valence-corrected chi connectivity index (χ4v) is 1.42. The van der Waals surface area contributed by atoms with Gasteiger partial charge in [0.2, 0.25) is 5.91 Å². The first-order chi connectivity index (χ1) is 5.65. The first kappa shape index (κ1) is 7.34. The second-order valence-electron chi connectivity index (χ2n) is 3.32. The summed E-state index contributed by atoms with van der Waals surface area (Å²) in [5.74, 6) is -0.249. The van der Waals surface area contributed by atoms with Crippen molar-refractivity contribution in [3.63, 3.8) is 0 Å². The Hall–Kier alpha value is -1.32. The minimum absolute atomic E-state index is 0.249. The predicted molar refractivity (Wildman–Crippen MR) is 43.3 cm³/mol. The molecule has 0 bridgehead atoms. The van der Waals surface area contributed by atoms with Gasteiger partial charge in [-0.25, -0.2) is 0 Å². The van der Waals surface area contributed by atoms with E-state index in [1.54, 1.807) is 4.68 Å². The fourth-order valence-electron chi connectivity index (χ4n) is 1.42. The van der Waals surface area contributed by atoms with Crippen LogP contribution in [-0.2, 0) is 17.3 Å². The van der Waals surface area contributed by atoms with Gasteiger partial charge in [-0.3, -0.25) is 9.48 Å². The highest BCUT2D eigenvalue weighted by Crippen LogP contribution is 2.46. The maximum Gasteiger partial charge on any atom is 0.229 e. The van der Waals surface area contributed by atoms with E-state index in [1.807, 2.05) is 19.3 Å². The SMILES string of the molecule is Cn1ccc(C2(C(N)=O)CC2)n1. The van der Waals surface area contributed by atoms with Gasteiger partial charge >= 0.3 is 0 Å². The Morgan fingerprint density at radius 1 is 1.75 bits per heavy atom. The highest BCUT2D eigenvalue weighted by molar-refractivity contribution is 5.89. The number of primary amides is 1. The number of carbonyl (C=O) groups is 1. The summed E-state index contributed by atoms with van der Waals surface area (Å²) in [6, 6.07) is 1.86. The Morgan fingerprint density at radius 3 is 2.75 bits per heavy atom.